The molecule has 3 aromatic rings. The van der Waals surface area contributed by atoms with Gasteiger partial charge >= 0.3 is 5.76 Å². The molecule has 0 radical (unpaired) electrons. The highest BCUT2D eigenvalue weighted by Crippen LogP contribution is 2.19. The van der Waals surface area contributed by atoms with E-state index in [1.807, 2.05) is 0 Å². The highest BCUT2D eigenvalue weighted by Gasteiger charge is 2.20. The third kappa shape index (κ3) is 5.35. The molecule has 1 aromatic heterocycles. The number of anilines is 1. The zero-order valence-electron chi connectivity index (χ0n) is 16.4. The van der Waals surface area contributed by atoms with Crippen molar-refractivity contribution in [1.29, 1.82) is 0 Å². The van der Waals surface area contributed by atoms with E-state index in [9.17, 15) is 9.90 Å². The Balaban J connectivity index is 0.00000240. The molecule has 7 nitrogen and oxygen atoms in total. The predicted octanol–water partition coefficient (Wildman–Crippen LogP) is 2.10. The van der Waals surface area contributed by atoms with E-state index in [2.05, 4.69) is 46.0 Å². The van der Waals surface area contributed by atoms with Crippen molar-refractivity contribution >= 4 is 30.3 Å². The van der Waals surface area contributed by atoms with Gasteiger partial charge in [0, 0.05) is 44.5 Å². The number of fused-ring (bicyclic) bond motifs is 1. The smallest absolute Gasteiger partial charge is 0.417 e. The van der Waals surface area contributed by atoms with Gasteiger partial charge in [0.15, 0.2) is 5.58 Å². The number of aliphatic hydroxyl groups excluding tert-OH is 1. The van der Waals surface area contributed by atoms with Crippen molar-refractivity contribution in [3.8, 4) is 5.75 Å². The zero-order valence-corrected chi connectivity index (χ0v) is 17.4. The van der Waals surface area contributed by atoms with Gasteiger partial charge in [-0.2, -0.15) is 13.5 Å². The molecule has 2 aromatic carbocycles. The summed E-state index contributed by atoms with van der Waals surface area (Å²) in [5.41, 5.74) is 3.60. The molecule has 0 spiro atoms. The van der Waals surface area contributed by atoms with Gasteiger partial charge in [0.1, 0.15) is 18.5 Å². The van der Waals surface area contributed by atoms with Gasteiger partial charge < -0.3 is 19.2 Å². The number of nitrogens with one attached hydrogen (secondary N) is 1. The summed E-state index contributed by atoms with van der Waals surface area (Å²) in [6, 6.07) is 13.7. The van der Waals surface area contributed by atoms with Gasteiger partial charge in [-0.25, -0.2) is 4.79 Å². The number of oxazole rings is 1. The first-order valence-corrected chi connectivity index (χ1v) is 9.54. The van der Waals surface area contributed by atoms with Crippen LogP contribution in [0.1, 0.15) is 5.56 Å². The molecule has 2 heterocycles. The topological polar surface area (TPSA) is 81.9 Å². The third-order valence-corrected chi connectivity index (χ3v) is 5.08. The maximum atomic E-state index is 11.2. The summed E-state index contributed by atoms with van der Waals surface area (Å²) >= 11 is 0. The van der Waals surface area contributed by atoms with Crippen molar-refractivity contribution in [3.63, 3.8) is 0 Å². The number of H-pyrrole nitrogens is 1. The number of aromatic nitrogens is 1. The molecule has 0 unspecified atom stereocenters. The Morgan fingerprint density at radius 1 is 1.14 bits per heavy atom. The number of piperazine rings is 1. The standard InChI is InChI=1S/C21H25N3O4.H2S/c1-15-2-4-16(5-3-15)24-10-8-23(9-11-24)13-17(25)14-27-18-6-7-19-20(12-18)28-21(26)22-19;/h2-7,12,17,25H,8-11,13-14H2,1H3,(H,22,26);1H2/t17-;/m0./s1. The van der Waals surface area contributed by atoms with Crippen LogP contribution in [0, 0.1) is 6.92 Å². The number of ether oxygens (including phenoxy) is 1. The van der Waals surface area contributed by atoms with Crippen LogP contribution in [0.3, 0.4) is 0 Å². The number of hydrogen-bond acceptors (Lipinski definition) is 6. The van der Waals surface area contributed by atoms with Crippen molar-refractivity contribution in [3.05, 3.63) is 58.6 Å². The van der Waals surface area contributed by atoms with E-state index in [1.165, 1.54) is 11.3 Å². The Bertz CT molecular complexity index is 978. The number of aryl methyl sites for hydroxylation is 1. The molecule has 1 saturated heterocycles. The Morgan fingerprint density at radius 3 is 2.59 bits per heavy atom. The Morgan fingerprint density at radius 2 is 1.86 bits per heavy atom. The van der Waals surface area contributed by atoms with Crippen molar-refractivity contribution in [1.82, 2.24) is 9.88 Å². The second kappa shape index (κ2) is 9.39. The largest absolute Gasteiger partial charge is 0.491 e. The molecule has 1 aliphatic heterocycles. The average Bonchev–Trinajstić information content (AvgIpc) is 3.07. The first kappa shape index (κ1) is 21.3. The molecule has 29 heavy (non-hydrogen) atoms. The SMILES string of the molecule is Cc1ccc(N2CCN(C[C@H](O)COc3ccc4[nH]c(=O)oc4c3)CC2)cc1.S. The number of aromatic amines is 1. The van der Waals surface area contributed by atoms with E-state index in [0.29, 0.717) is 23.4 Å². The van der Waals surface area contributed by atoms with E-state index in [1.54, 1.807) is 18.2 Å². The van der Waals surface area contributed by atoms with Gasteiger partial charge in [0.05, 0.1) is 5.52 Å². The number of rotatable bonds is 6. The Kier molecular flexibility index (Phi) is 6.89. The van der Waals surface area contributed by atoms with Gasteiger partial charge in [-0.15, -0.1) is 0 Å². The van der Waals surface area contributed by atoms with Gasteiger partial charge in [-0.05, 0) is 31.2 Å². The molecule has 2 N–H and O–H groups in total. The maximum Gasteiger partial charge on any atom is 0.417 e. The normalized spacial score (nSPS) is 15.9. The van der Waals surface area contributed by atoms with E-state index >= 15 is 0 Å². The molecule has 0 amide bonds. The van der Waals surface area contributed by atoms with E-state index in [-0.39, 0.29) is 20.1 Å². The van der Waals surface area contributed by atoms with Gasteiger partial charge in [-0.3, -0.25) is 9.88 Å². The van der Waals surface area contributed by atoms with E-state index in [4.69, 9.17) is 9.15 Å². The quantitative estimate of drug-likeness (QED) is 0.639. The van der Waals surface area contributed by atoms with Crippen molar-refractivity contribution in [2.45, 2.75) is 13.0 Å². The number of hydrogen-bond donors (Lipinski definition) is 2. The monoisotopic (exact) mass is 417 g/mol. The average molecular weight is 418 g/mol. The number of benzene rings is 2. The van der Waals surface area contributed by atoms with Crippen LogP contribution in [0.15, 0.2) is 51.7 Å². The van der Waals surface area contributed by atoms with Gasteiger partial charge in [0.25, 0.3) is 0 Å². The zero-order chi connectivity index (χ0) is 19.5. The van der Waals surface area contributed by atoms with Crippen LogP contribution < -0.4 is 15.4 Å². The van der Waals surface area contributed by atoms with Crippen molar-refractivity contribution in [2.75, 3.05) is 44.2 Å². The fraction of sp³-hybridized carbons (Fsp3) is 0.381. The molecule has 1 fully saturated rings. The lowest BCUT2D eigenvalue weighted by molar-refractivity contribution is 0.0663. The Labute approximate surface area is 176 Å². The number of aliphatic hydroxyl groups is 1. The first-order valence-electron chi connectivity index (χ1n) is 9.54. The lowest BCUT2D eigenvalue weighted by Crippen LogP contribution is -2.49. The molecule has 0 aliphatic carbocycles. The maximum absolute atomic E-state index is 11.2. The highest BCUT2D eigenvalue weighted by molar-refractivity contribution is 7.59. The minimum Gasteiger partial charge on any atom is -0.491 e. The Hall–Kier alpha value is -2.42. The molecule has 156 valence electrons. The molecule has 4 rings (SSSR count). The second-order valence-electron chi connectivity index (χ2n) is 7.26. The van der Waals surface area contributed by atoms with Crippen LogP contribution in [0.25, 0.3) is 11.1 Å². The summed E-state index contributed by atoms with van der Waals surface area (Å²) in [6.45, 7) is 6.56. The number of β-amino-alcohol motifs (C(OH)–C–C–N with tert-alkyl or cyclic N) is 1. The van der Waals surface area contributed by atoms with E-state index < -0.39 is 11.9 Å². The summed E-state index contributed by atoms with van der Waals surface area (Å²) in [5.74, 6) is 0.0791. The molecular formula is C21H27N3O4S. The van der Waals surface area contributed by atoms with Gasteiger partial charge in [-0.1, -0.05) is 17.7 Å². The minimum atomic E-state index is -0.583. The van der Waals surface area contributed by atoms with Crippen LogP contribution >= 0.6 is 13.5 Å². The predicted molar refractivity (Wildman–Crippen MR) is 119 cm³/mol. The summed E-state index contributed by atoms with van der Waals surface area (Å²) in [7, 11) is 0. The van der Waals surface area contributed by atoms with Crippen LogP contribution in [0.5, 0.6) is 5.75 Å². The lowest BCUT2D eigenvalue weighted by Gasteiger charge is -2.36. The van der Waals surface area contributed by atoms with Crippen molar-refractivity contribution in [2.24, 2.45) is 0 Å². The van der Waals surface area contributed by atoms with Crippen molar-refractivity contribution < 1.29 is 14.3 Å². The molecule has 0 bridgehead atoms. The molecule has 1 atom stereocenters. The molecule has 0 saturated carbocycles. The molecule has 8 heteroatoms. The molecule has 1 aliphatic rings. The van der Waals surface area contributed by atoms with Gasteiger partial charge in [0.2, 0.25) is 0 Å². The summed E-state index contributed by atoms with van der Waals surface area (Å²) in [6.07, 6.45) is -0.583. The fourth-order valence-corrected chi connectivity index (χ4v) is 3.50. The number of nitrogens with zero attached hydrogens (tertiary/aromatic N) is 2. The summed E-state index contributed by atoms with van der Waals surface area (Å²) in [5, 5.41) is 10.3. The highest BCUT2D eigenvalue weighted by atomic mass is 32.1. The third-order valence-electron chi connectivity index (χ3n) is 5.08. The van der Waals surface area contributed by atoms with Crippen LogP contribution in [-0.4, -0.2) is 60.4 Å². The second-order valence-corrected chi connectivity index (χ2v) is 7.26. The summed E-state index contributed by atoms with van der Waals surface area (Å²) in [4.78, 5) is 18.4. The van der Waals surface area contributed by atoms with Crippen LogP contribution in [-0.2, 0) is 0 Å². The van der Waals surface area contributed by atoms with Crippen LogP contribution in [0.2, 0.25) is 0 Å². The minimum absolute atomic E-state index is 0. The first-order chi connectivity index (χ1) is 13.6. The van der Waals surface area contributed by atoms with Crippen LogP contribution in [0.4, 0.5) is 5.69 Å². The lowest BCUT2D eigenvalue weighted by atomic mass is 10.2. The fourth-order valence-electron chi connectivity index (χ4n) is 3.50. The molecular weight excluding hydrogens is 390 g/mol. The summed E-state index contributed by atoms with van der Waals surface area (Å²) < 4.78 is 10.7. The van der Waals surface area contributed by atoms with E-state index in [0.717, 1.165) is 26.2 Å².